The molecule has 1 aromatic heterocycles. The maximum absolute atomic E-state index is 10.9. The molecular weight excluding hydrogens is 182 g/mol. The Morgan fingerprint density at radius 2 is 2.36 bits per heavy atom. The Morgan fingerprint density at radius 3 is 2.93 bits per heavy atom. The fourth-order valence-corrected chi connectivity index (χ4v) is 1.27. The van der Waals surface area contributed by atoms with Crippen molar-refractivity contribution < 1.29 is 14.3 Å². The van der Waals surface area contributed by atoms with Gasteiger partial charge in [-0.2, -0.15) is 4.73 Å². The third-order valence-corrected chi connectivity index (χ3v) is 1.83. The van der Waals surface area contributed by atoms with Crippen LogP contribution in [0.15, 0.2) is 24.5 Å². The van der Waals surface area contributed by atoms with Gasteiger partial charge >= 0.3 is 0 Å². The van der Waals surface area contributed by atoms with Crippen LogP contribution in [0.5, 0.6) is 0 Å². The summed E-state index contributed by atoms with van der Waals surface area (Å²) in [5.74, 6) is 0. The number of carbonyl (C=O) groups is 1. The van der Waals surface area contributed by atoms with E-state index in [9.17, 15) is 10.0 Å². The number of ether oxygens (including phenoxy) is 1. The lowest BCUT2D eigenvalue weighted by atomic mass is 10.00. The molecule has 0 saturated carbocycles. The molecule has 1 aromatic rings. The molecule has 1 heterocycles. The molecule has 0 aliphatic carbocycles. The largest absolute Gasteiger partial charge is 0.619 e. The van der Waals surface area contributed by atoms with Gasteiger partial charge in [0.25, 0.3) is 6.47 Å². The summed E-state index contributed by atoms with van der Waals surface area (Å²) in [6.07, 6.45) is 3.40. The zero-order chi connectivity index (χ0) is 10.6. The maximum Gasteiger partial charge on any atom is 0.293 e. The zero-order valence-electron chi connectivity index (χ0n) is 8.27. The van der Waals surface area contributed by atoms with Crippen LogP contribution in [0.3, 0.4) is 0 Å². The lowest BCUT2D eigenvalue weighted by Crippen LogP contribution is -2.30. The van der Waals surface area contributed by atoms with E-state index in [4.69, 9.17) is 4.74 Å². The van der Waals surface area contributed by atoms with Crippen molar-refractivity contribution in [2.45, 2.75) is 25.9 Å². The van der Waals surface area contributed by atoms with Gasteiger partial charge in [-0.25, -0.2) is 0 Å². The van der Waals surface area contributed by atoms with Crippen molar-refractivity contribution in [1.29, 1.82) is 0 Å². The fourth-order valence-electron chi connectivity index (χ4n) is 1.27. The van der Waals surface area contributed by atoms with Gasteiger partial charge in [0.05, 0.1) is 0 Å². The molecule has 0 amide bonds. The van der Waals surface area contributed by atoms with Crippen molar-refractivity contribution in [2.75, 3.05) is 0 Å². The smallest absolute Gasteiger partial charge is 0.293 e. The van der Waals surface area contributed by atoms with Gasteiger partial charge in [0, 0.05) is 18.1 Å². The number of pyridine rings is 1. The number of nitrogens with zero attached hydrogens (tertiary/aromatic N) is 1. The van der Waals surface area contributed by atoms with Crippen LogP contribution in [0.1, 0.15) is 19.4 Å². The van der Waals surface area contributed by atoms with Gasteiger partial charge in [-0.15, -0.1) is 0 Å². The first-order valence-electron chi connectivity index (χ1n) is 4.33. The van der Waals surface area contributed by atoms with E-state index in [-0.39, 0.29) is 0 Å². The van der Waals surface area contributed by atoms with Gasteiger partial charge < -0.3 is 9.94 Å². The second-order valence-corrected chi connectivity index (χ2v) is 3.72. The molecule has 0 bridgehead atoms. The van der Waals surface area contributed by atoms with Crippen LogP contribution in [0.4, 0.5) is 0 Å². The molecule has 0 unspecified atom stereocenters. The van der Waals surface area contributed by atoms with E-state index in [1.165, 1.54) is 12.4 Å². The predicted octanol–water partition coefficient (Wildman–Crippen LogP) is 0.814. The molecule has 0 aliphatic rings. The van der Waals surface area contributed by atoms with Crippen molar-refractivity contribution in [3.63, 3.8) is 0 Å². The lowest BCUT2D eigenvalue weighted by Gasteiger charge is -2.21. The number of hydrogen-bond acceptors (Lipinski definition) is 3. The van der Waals surface area contributed by atoms with E-state index >= 15 is 0 Å². The number of rotatable bonds is 4. The van der Waals surface area contributed by atoms with Crippen LogP contribution in [0, 0.1) is 5.21 Å². The molecule has 0 radical (unpaired) electrons. The topological polar surface area (TPSA) is 53.2 Å². The first-order chi connectivity index (χ1) is 6.53. The molecule has 0 fully saturated rings. The molecule has 0 atom stereocenters. The van der Waals surface area contributed by atoms with Crippen molar-refractivity contribution in [3.05, 3.63) is 35.3 Å². The van der Waals surface area contributed by atoms with Crippen LogP contribution < -0.4 is 4.73 Å². The maximum atomic E-state index is 10.9. The summed E-state index contributed by atoms with van der Waals surface area (Å²) < 4.78 is 5.61. The molecular formula is C10H13NO3. The SMILES string of the molecule is CC(C)(Cc1ccc[n+]([O-])c1)OC=O. The third-order valence-electron chi connectivity index (χ3n) is 1.83. The monoisotopic (exact) mass is 195 g/mol. The van der Waals surface area contributed by atoms with E-state index in [0.29, 0.717) is 12.9 Å². The zero-order valence-corrected chi connectivity index (χ0v) is 8.27. The van der Waals surface area contributed by atoms with Crippen molar-refractivity contribution in [2.24, 2.45) is 0 Å². The highest BCUT2D eigenvalue weighted by atomic mass is 16.5. The van der Waals surface area contributed by atoms with E-state index in [0.717, 1.165) is 10.3 Å². The minimum Gasteiger partial charge on any atom is -0.619 e. The van der Waals surface area contributed by atoms with Gasteiger partial charge in [-0.3, -0.25) is 4.79 Å². The minimum atomic E-state index is -0.573. The summed E-state index contributed by atoms with van der Waals surface area (Å²) in [7, 11) is 0. The Bertz CT molecular complexity index is 323. The van der Waals surface area contributed by atoms with Crippen molar-refractivity contribution in [3.8, 4) is 0 Å². The van der Waals surface area contributed by atoms with Crippen molar-refractivity contribution >= 4 is 6.47 Å². The molecule has 4 heteroatoms. The first-order valence-corrected chi connectivity index (χ1v) is 4.33. The fraction of sp³-hybridized carbons (Fsp3) is 0.400. The van der Waals surface area contributed by atoms with E-state index < -0.39 is 5.60 Å². The van der Waals surface area contributed by atoms with Crippen LogP contribution in [0.2, 0.25) is 0 Å². The Morgan fingerprint density at radius 1 is 1.64 bits per heavy atom. The average Bonchev–Trinajstić information content (AvgIpc) is 2.02. The van der Waals surface area contributed by atoms with Crippen molar-refractivity contribution in [1.82, 2.24) is 0 Å². The Balaban J connectivity index is 2.72. The highest BCUT2D eigenvalue weighted by Gasteiger charge is 2.20. The third kappa shape index (κ3) is 3.05. The summed E-state index contributed by atoms with van der Waals surface area (Å²) in [5, 5.41) is 10.9. The molecule has 4 nitrogen and oxygen atoms in total. The van der Waals surface area contributed by atoms with Gasteiger partial charge in [0.15, 0.2) is 12.4 Å². The molecule has 0 saturated heterocycles. The second kappa shape index (κ2) is 4.09. The Kier molecular flexibility index (Phi) is 3.06. The Hall–Kier alpha value is -1.58. The molecule has 76 valence electrons. The number of aromatic nitrogens is 1. The molecule has 0 aliphatic heterocycles. The normalized spacial score (nSPS) is 11.0. The van der Waals surface area contributed by atoms with E-state index in [2.05, 4.69) is 0 Å². The van der Waals surface area contributed by atoms with Gasteiger partial charge in [-0.1, -0.05) is 0 Å². The van der Waals surface area contributed by atoms with E-state index in [1.54, 1.807) is 19.9 Å². The standard InChI is InChI=1S/C10H13NO3/c1-10(2,14-8-12)6-9-4-3-5-11(13)7-9/h3-5,7-8H,6H2,1-2H3. The van der Waals surface area contributed by atoms with Crippen LogP contribution >= 0.6 is 0 Å². The number of hydrogen-bond donors (Lipinski definition) is 0. The molecule has 14 heavy (non-hydrogen) atoms. The van der Waals surface area contributed by atoms with Gasteiger partial charge in [0.2, 0.25) is 0 Å². The molecule has 0 spiro atoms. The highest BCUT2D eigenvalue weighted by molar-refractivity contribution is 5.38. The molecule has 1 rings (SSSR count). The Labute approximate surface area is 82.7 Å². The molecule has 0 aromatic carbocycles. The predicted molar refractivity (Wildman–Crippen MR) is 50.3 cm³/mol. The van der Waals surface area contributed by atoms with Crippen LogP contribution in [-0.2, 0) is 16.0 Å². The first kappa shape index (κ1) is 10.5. The number of carbonyl (C=O) groups excluding carboxylic acids is 1. The second-order valence-electron chi connectivity index (χ2n) is 3.72. The quantitative estimate of drug-likeness (QED) is 0.406. The summed E-state index contributed by atoms with van der Waals surface area (Å²) in [5.41, 5.74) is 0.269. The minimum absolute atomic E-state index is 0.425. The summed E-state index contributed by atoms with van der Waals surface area (Å²) in [6, 6.07) is 3.49. The highest BCUT2D eigenvalue weighted by Crippen LogP contribution is 2.14. The van der Waals surface area contributed by atoms with Crippen LogP contribution in [0.25, 0.3) is 0 Å². The van der Waals surface area contributed by atoms with Crippen LogP contribution in [-0.4, -0.2) is 12.1 Å². The van der Waals surface area contributed by atoms with Gasteiger partial charge in [0.1, 0.15) is 5.60 Å². The summed E-state index contributed by atoms with van der Waals surface area (Å²) in [4.78, 5) is 10.2. The lowest BCUT2D eigenvalue weighted by molar-refractivity contribution is -0.605. The molecule has 0 N–H and O–H groups in total. The summed E-state index contributed by atoms with van der Waals surface area (Å²) in [6.45, 7) is 4.02. The average molecular weight is 195 g/mol. The van der Waals surface area contributed by atoms with Gasteiger partial charge in [-0.05, 0) is 19.9 Å². The van der Waals surface area contributed by atoms with E-state index in [1.807, 2.05) is 6.07 Å². The summed E-state index contributed by atoms with van der Waals surface area (Å²) >= 11 is 0.